The van der Waals surface area contributed by atoms with E-state index >= 15 is 0 Å². The summed E-state index contributed by atoms with van der Waals surface area (Å²) in [5.74, 6) is -0.843. The van der Waals surface area contributed by atoms with E-state index in [1.165, 1.54) is 24.3 Å². The normalized spacial score (nSPS) is 20.5. The molecule has 3 amide bonds. The monoisotopic (exact) mass is 531 g/mol. The van der Waals surface area contributed by atoms with Crippen LogP contribution in [0, 0.1) is 12.7 Å². The number of anilines is 2. The van der Waals surface area contributed by atoms with E-state index in [1.54, 1.807) is 30.1 Å². The molecule has 0 bridgehead atoms. The number of nitrogens with zero attached hydrogens (tertiary/aromatic N) is 1. The van der Waals surface area contributed by atoms with Crippen LogP contribution in [0.4, 0.5) is 15.8 Å². The van der Waals surface area contributed by atoms with Gasteiger partial charge in [-0.2, -0.15) is 0 Å². The van der Waals surface area contributed by atoms with Crippen LogP contribution in [-0.4, -0.2) is 54.5 Å². The zero-order valence-corrected chi connectivity index (χ0v) is 21.8. The maximum atomic E-state index is 13.4. The molecule has 8 nitrogen and oxygen atoms in total. The number of carbonyl (C=O) groups is 3. The number of carbonyl (C=O) groups excluding carboxylic acids is 3. The SMILES string of the molecule is Cc1ccc(NC(=O)C[C@H]2CC[C@H]3[C@@H](COc4ccc(NC(=O)c5ccc(F)cc5)cc4C(=O)N3C)O2)cc1. The number of benzene rings is 3. The van der Waals surface area contributed by atoms with Crippen molar-refractivity contribution in [3.8, 4) is 5.75 Å². The number of fused-ring (bicyclic) bond motifs is 2. The molecule has 0 spiro atoms. The Hall–Kier alpha value is -4.24. The van der Waals surface area contributed by atoms with Crippen LogP contribution >= 0.6 is 0 Å². The zero-order valence-electron chi connectivity index (χ0n) is 21.8. The molecule has 9 heteroatoms. The van der Waals surface area contributed by atoms with E-state index in [9.17, 15) is 18.8 Å². The smallest absolute Gasteiger partial charge is 0.257 e. The molecule has 0 aromatic heterocycles. The molecule has 3 aromatic rings. The van der Waals surface area contributed by atoms with Gasteiger partial charge in [-0.3, -0.25) is 14.4 Å². The lowest BCUT2D eigenvalue weighted by Crippen LogP contribution is -2.53. The molecular weight excluding hydrogens is 501 g/mol. The average molecular weight is 532 g/mol. The summed E-state index contributed by atoms with van der Waals surface area (Å²) in [6.45, 7) is 2.20. The van der Waals surface area contributed by atoms with Crippen LogP contribution in [0.5, 0.6) is 5.75 Å². The molecule has 5 rings (SSSR count). The van der Waals surface area contributed by atoms with Crippen LogP contribution in [-0.2, 0) is 9.53 Å². The molecule has 2 aliphatic rings. The molecule has 0 aliphatic carbocycles. The first-order chi connectivity index (χ1) is 18.8. The summed E-state index contributed by atoms with van der Waals surface area (Å²) in [5, 5.41) is 5.66. The summed E-state index contributed by atoms with van der Waals surface area (Å²) in [6.07, 6.45) is 0.820. The van der Waals surface area contributed by atoms with E-state index in [0.717, 1.165) is 11.3 Å². The highest BCUT2D eigenvalue weighted by Gasteiger charge is 2.39. The lowest BCUT2D eigenvalue weighted by molar-refractivity contribution is -0.130. The van der Waals surface area contributed by atoms with Gasteiger partial charge in [-0.15, -0.1) is 0 Å². The lowest BCUT2D eigenvalue weighted by atomic mass is 9.94. The second kappa shape index (κ2) is 11.2. The van der Waals surface area contributed by atoms with Crippen molar-refractivity contribution in [3.05, 3.63) is 89.2 Å². The van der Waals surface area contributed by atoms with Gasteiger partial charge in [0.1, 0.15) is 24.3 Å². The summed E-state index contributed by atoms with van der Waals surface area (Å²) in [6, 6.07) is 17.5. The topological polar surface area (TPSA) is 97.0 Å². The van der Waals surface area contributed by atoms with Gasteiger partial charge in [-0.05, 0) is 74.4 Å². The standard InChI is InChI=1S/C30H30FN3O5/c1-18-3-9-21(10-4-18)32-28(35)16-23-12-13-25-27(39-23)17-38-26-14-11-22(15-24(26)30(37)34(25)2)33-29(36)19-5-7-20(31)8-6-19/h3-11,14-15,23,25,27H,12-13,16-17H2,1-2H3,(H,32,35)(H,33,36)/t23-,25+,27-/m1/s1. The Balaban J connectivity index is 1.24. The van der Waals surface area contributed by atoms with Crippen LogP contribution in [0.3, 0.4) is 0 Å². The van der Waals surface area contributed by atoms with E-state index in [-0.39, 0.29) is 37.0 Å². The Morgan fingerprint density at radius 3 is 2.44 bits per heavy atom. The van der Waals surface area contributed by atoms with Gasteiger partial charge in [0.05, 0.1) is 24.1 Å². The van der Waals surface area contributed by atoms with Gasteiger partial charge in [-0.25, -0.2) is 4.39 Å². The largest absolute Gasteiger partial charge is 0.490 e. The van der Waals surface area contributed by atoms with Gasteiger partial charge in [0.2, 0.25) is 5.91 Å². The van der Waals surface area contributed by atoms with E-state index in [1.807, 2.05) is 31.2 Å². The van der Waals surface area contributed by atoms with Crippen molar-refractivity contribution in [2.45, 2.75) is 44.4 Å². The minimum Gasteiger partial charge on any atom is -0.490 e. The number of rotatable bonds is 5. The van der Waals surface area contributed by atoms with Crippen molar-refractivity contribution in [1.82, 2.24) is 4.90 Å². The molecule has 3 aromatic carbocycles. The Morgan fingerprint density at radius 1 is 0.974 bits per heavy atom. The predicted molar refractivity (Wildman–Crippen MR) is 144 cm³/mol. The van der Waals surface area contributed by atoms with Crippen molar-refractivity contribution >= 4 is 29.1 Å². The van der Waals surface area contributed by atoms with Crippen molar-refractivity contribution < 1.29 is 28.2 Å². The molecule has 2 N–H and O–H groups in total. The lowest BCUT2D eigenvalue weighted by Gasteiger charge is -2.42. The molecule has 0 radical (unpaired) electrons. The maximum absolute atomic E-state index is 13.4. The Kier molecular flexibility index (Phi) is 7.60. The molecule has 39 heavy (non-hydrogen) atoms. The minimum atomic E-state index is -0.430. The number of hydrogen-bond donors (Lipinski definition) is 2. The van der Waals surface area contributed by atoms with Crippen molar-refractivity contribution in [2.24, 2.45) is 0 Å². The predicted octanol–water partition coefficient (Wildman–Crippen LogP) is 4.80. The second-order valence-corrected chi connectivity index (χ2v) is 9.96. The number of halogens is 1. The van der Waals surface area contributed by atoms with E-state index in [2.05, 4.69) is 10.6 Å². The first kappa shape index (κ1) is 26.4. The molecule has 2 heterocycles. The number of amides is 3. The highest BCUT2D eigenvalue weighted by Crippen LogP contribution is 2.32. The summed E-state index contributed by atoms with van der Waals surface area (Å²) in [5.41, 5.74) is 2.90. The Bertz CT molecular complexity index is 1380. The van der Waals surface area contributed by atoms with Crippen molar-refractivity contribution in [2.75, 3.05) is 24.3 Å². The van der Waals surface area contributed by atoms with Crippen LogP contribution in [0.15, 0.2) is 66.7 Å². The highest BCUT2D eigenvalue weighted by molar-refractivity contribution is 6.05. The average Bonchev–Trinajstić information content (AvgIpc) is 2.92. The molecular formula is C30H30FN3O5. The third-order valence-corrected chi connectivity index (χ3v) is 7.12. The Labute approximate surface area is 226 Å². The van der Waals surface area contributed by atoms with Crippen molar-refractivity contribution in [3.63, 3.8) is 0 Å². The Morgan fingerprint density at radius 2 is 1.69 bits per heavy atom. The van der Waals surface area contributed by atoms with Gasteiger partial charge >= 0.3 is 0 Å². The molecule has 0 saturated carbocycles. The number of ether oxygens (including phenoxy) is 2. The molecule has 0 unspecified atom stereocenters. The van der Waals surface area contributed by atoms with Crippen molar-refractivity contribution in [1.29, 1.82) is 0 Å². The first-order valence-electron chi connectivity index (χ1n) is 12.9. The molecule has 2 aliphatic heterocycles. The second-order valence-electron chi connectivity index (χ2n) is 9.96. The summed E-state index contributed by atoms with van der Waals surface area (Å²) in [7, 11) is 1.73. The molecule has 1 saturated heterocycles. The van der Waals surface area contributed by atoms with Crippen LogP contribution in [0.1, 0.15) is 45.5 Å². The fourth-order valence-electron chi connectivity index (χ4n) is 4.97. The van der Waals surface area contributed by atoms with Crippen LogP contribution in [0.25, 0.3) is 0 Å². The summed E-state index contributed by atoms with van der Waals surface area (Å²) >= 11 is 0. The zero-order chi connectivity index (χ0) is 27.5. The van der Waals surface area contributed by atoms with E-state index in [0.29, 0.717) is 35.4 Å². The van der Waals surface area contributed by atoms with E-state index < -0.39 is 17.8 Å². The molecule has 1 fully saturated rings. The minimum absolute atomic E-state index is 0.126. The number of hydrogen-bond acceptors (Lipinski definition) is 5. The quantitative estimate of drug-likeness (QED) is 0.493. The van der Waals surface area contributed by atoms with E-state index in [4.69, 9.17) is 9.47 Å². The number of nitrogens with one attached hydrogen (secondary N) is 2. The first-order valence-corrected chi connectivity index (χ1v) is 12.9. The summed E-state index contributed by atoms with van der Waals surface area (Å²) in [4.78, 5) is 40.3. The van der Waals surface area contributed by atoms with Crippen LogP contribution < -0.4 is 15.4 Å². The van der Waals surface area contributed by atoms with Crippen LogP contribution in [0.2, 0.25) is 0 Å². The highest BCUT2D eigenvalue weighted by atomic mass is 19.1. The van der Waals surface area contributed by atoms with Gasteiger partial charge in [-0.1, -0.05) is 17.7 Å². The van der Waals surface area contributed by atoms with Gasteiger partial charge in [0.15, 0.2) is 0 Å². The number of likely N-dealkylation sites (N-methyl/N-ethyl adjacent to an activating group) is 1. The van der Waals surface area contributed by atoms with Gasteiger partial charge < -0.3 is 25.0 Å². The fourth-order valence-corrected chi connectivity index (χ4v) is 4.97. The van der Waals surface area contributed by atoms with Gasteiger partial charge in [0, 0.05) is 24.0 Å². The maximum Gasteiger partial charge on any atom is 0.257 e. The fraction of sp³-hybridized carbons (Fsp3) is 0.300. The number of aryl methyl sites for hydroxylation is 1. The summed E-state index contributed by atoms with van der Waals surface area (Å²) < 4.78 is 25.5. The third-order valence-electron chi connectivity index (χ3n) is 7.12. The van der Waals surface area contributed by atoms with Gasteiger partial charge in [0.25, 0.3) is 11.8 Å². The molecule has 3 atom stereocenters. The molecule has 202 valence electrons. The third kappa shape index (κ3) is 6.09.